The summed E-state index contributed by atoms with van der Waals surface area (Å²) < 4.78 is 5.65. The molecular formula is C14H23NO. The number of benzene rings is 1. The molecule has 0 saturated heterocycles. The van der Waals surface area contributed by atoms with Crippen molar-refractivity contribution in [3.8, 4) is 0 Å². The van der Waals surface area contributed by atoms with E-state index in [2.05, 4.69) is 50.4 Å². The standard InChI is InChI=1S/C14H23NO/c1-5-16-14(3,4)11-15-12(2)13-9-7-6-8-10-13/h6-10,12,15H,5,11H2,1-4H3. The third-order valence-electron chi connectivity index (χ3n) is 2.67. The van der Waals surface area contributed by atoms with Crippen LogP contribution in [0.1, 0.15) is 39.3 Å². The molecule has 0 spiro atoms. The molecule has 0 fully saturated rings. The van der Waals surface area contributed by atoms with Crippen molar-refractivity contribution in [3.63, 3.8) is 0 Å². The van der Waals surface area contributed by atoms with E-state index in [1.165, 1.54) is 5.56 Å². The van der Waals surface area contributed by atoms with Gasteiger partial charge in [-0.25, -0.2) is 0 Å². The second-order valence-electron chi connectivity index (χ2n) is 4.71. The van der Waals surface area contributed by atoms with Crippen molar-refractivity contribution in [1.29, 1.82) is 0 Å². The number of ether oxygens (including phenoxy) is 1. The fourth-order valence-electron chi connectivity index (χ4n) is 1.70. The number of hydrogen-bond acceptors (Lipinski definition) is 2. The summed E-state index contributed by atoms with van der Waals surface area (Å²) in [6, 6.07) is 10.8. The first kappa shape index (κ1) is 13.2. The van der Waals surface area contributed by atoms with Crippen LogP contribution in [0.25, 0.3) is 0 Å². The minimum Gasteiger partial charge on any atom is -0.375 e. The van der Waals surface area contributed by atoms with Crippen LogP contribution in [0.5, 0.6) is 0 Å². The van der Waals surface area contributed by atoms with Crippen molar-refractivity contribution in [2.45, 2.75) is 39.3 Å². The summed E-state index contributed by atoms with van der Waals surface area (Å²) in [5.41, 5.74) is 1.22. The van der Waals surface area contributed by atoms with Crippen LogP contribution in [-0.4, -0.2) is 18.8 Å². The van der Waals surface area contributed by atoms with Gasteiger partial charge in [-0.1, -0.05) is 30.3 Å². The van der Waals surface area contributed by atoms with Crippen molar-refractivity contribution in [1.82, 2.24) is 5.32 Å². The highest BCUT2D eigenvalue weighted by molar-refractivity contribution is 5.18. The topological polar surface area (TPSA) is 21.3 Å². The second kappa shape index (κ2) is 6.02. The van der Waals surface area contributed by atoms with Crippen LogP contribution in [0.2, 0.25) is 0 Å². The molecule has 1 N–H and O–H groups in total. The summed E-state index contributed by atoms with van der Waals surface area (Å²) in [6.07, 6.45) is 0. The Labute approximate surface area is 99.0 Å². The van der Waals surface area contributed by atoms with Crippen LogP contribution in [0, 0.1) is 0 Å². The maximum atomic E-state index is 5.65. The molecule has 1 atom stereocenters. The maximum absolute atomic E-state index is 5.65. The molecule has 2 heteroatoms. The normalized spacial score (nSPS) is 13.8. The van der Waals surface area contributed by atoms with Gasteiger partial charge in [0.1, 0.15) is 0 Å². The lowest BCUT2D eigenvalue weighted by Crippen LogP contribution is -2.38. The molecule has 0 heterocycles. The van der Waals surface area contributed by atoms with Gasteiger partial charge in [0.05, 0.1) is 5.60 Å². The molecule has 1 unspecified atom stereocenters. The van der Waals surface area contributed by atoms with Crippen molar-refractivity contribution in [2.75, 3.05) is 13.2 Å². The molecule has 0 aliphatic heterocycles. The lowest BCUT2D eigenvalue weighted by molar-refractivity contribution is -0.0103. The fraction of sp³-hybridized carbons (Fsp3) is 0.571. The molecular weight excluding hydrogens is 198 g/mol. The van der Waals surface area contributed by atoms with Gasteiger partial charge in [0.2, 0.25) is 0 Å². The van der Waals surface area contributed by atoms with Crippen molar-refractivity contribution >= 4 is 0 Å². The van der Waals surface area contributed by atoms with Gasteiger partial charge in [-0.15, -0.1) is 0 Å². The summed E-state index contributed by atoms with van der Waals surface area (Å²) in [7, 11) is 0. The van der Waals surface area contributed by atoms with E-state index >= 15 is 0 Å². The first-order valence-electron chi connectivity index (χ1n) is 5.97. The van der Waals surface area contributed by atoms with Crippen LogP contribution in [0.15, 0.2) is 30.3 Å². The minimum atomic E-state index is -0.0994. The molecule has 0 bridgehead atoms. The smallest absolute Gasteiger partial charge is 0.0750 e. The van der Waals surface area contributed by atoms with Crippen molar-refractivity contribution in [3.05, 3.63) is 35.9 Å². The summed E-state index contributed by atoms with van der Waals surface area (Å²) >= 11 is 0. The molecule has 0 radical (unpaired) electrons. The first-order valence-corrected chi connectivity index (χ1v) is 5.97. The quantitative estimate of drug-likeness (QED) is 0.796. The highest BCUT2D eigenvalue weighted by atomic mass is 16.5. The molecule has 1 aromatic rings. The Hall–Kier alpha value is -0.860. The molecule has 1 rings (SSSR count). The lowest BCUT2D eigenvalue weighted by Gasteiger charge is -2.27. The van der Waals surface area contributed by atoms with Gasteiger partial charge in [-0.3, -0.25) is 0 Å². The third kappa shape index (κ3) is 4.33. The summed E-state index contributed by atoms with van der Waals surface area (Å²) in [4.78, 5) is 0. The van der Waals surface area contributed by atoms with Gasteiger partial charge >= 0.3 is 0 Å². The van der Waals surface area contributed by atoms with Gasteiger partial charge in [0.25, 0.3) is 0 Å². The molecule has 90 valence electrons. The summed E-state index contributed by atoms with van der Waals surface area (Å²) in [5.74, 6) is 0. The van der Waals surface area contributed by atoms with Gasteiger partial charge < -0.3 is 10.1 Å². The fourth-order valence-corrected chi connectivity index (χ4v) is 1.70. The zero-order chi connectivity index (χ0) is 12.0. The summed E-state index contributed by atoms with van der Waals surface area (Å²) in [6.45, 7) is 10.0. The van der Waals surface area contributed by atoms with E-state index in [9.17, 15) is 0 Å². The predicted molar refractivity (Wildman–Crippen MR) is 68.6 cm³/mol. The maximum Gasteiger partial charge on any atom is 0.0750 e. The van der Waals surface area contributed by atoms with Crippen LogP contribution < -0.4 is 5.32 Å². The minimum absolute atomic E-state index is 0.0994. The van der Waals surface area contributed by atoms with Crippen LogP contribution in [0.3, 0.4) is 0 Å². The van der Waals surface area contributed by atoms with Crippen LogP contribution >= 0.6 is 0 Å². The van der Waals surface area contributed by atoms with E-state index in [0.29, 0.717) is 6.04 Å². The van der Waals surface area contributed by atoms with Crippen molar-refractivity contribution < 1.29 is 4.74 Å². The lowest BCUT2D eigenvalue weighted by atomic mass is 10.1. The SMILES string of the molecule is CCOC(C)(C)CNC(C)c1ccccc1. The Morgan fingerprint density at radius 3 is 2.44 bits per heavy atom. The van der Waals surface area contributed by atoms with Crippen LogP contribution in [0.4, 0.5) is 0 Å². The van der Waals surface area contributed by atoms with Gasteiger partial charge in [0, 0.05) is 19.2 Å². The average Bonchev–Trinajstić information content (AvgIpc) is 2.27. The Kier molecular flexibility index (Phi) is 4.97. The Morgan fingerprint density at radius 2 is 1.88 bits per heavy atom. The van der Waals surface area contributed by atoms with E-state index in [1.807, 2.05) is 13.0 Å². The highest BCUT2D eigenvalue weighted by Crippen LogP contribution is 2.14. The van der Waals surface area contributed by atoms with E-state index < -0.39 is 0 Å². The summed E-state index contributed by atoms with van der Waals surface area (Å²) in [5, 5.41) is 3.50. The number of rotatable bonds is 6. The Morgan fingerprint density at radius 1 is 1.25 bits per heavy atom. The first-order chi connectivity index (χ1) is 7.55. The van der Waals surface area contributed by atoms with E-state index in [-0.39, 0.29) is 5.60 Å². The molecule has 0 aliphatic rings. The second-order valence-corrected chi connectivity index (χ2v) is 4.71. The largest absolute Gasteiger partial charge is 0.375 e. The molecule has 1 aromatic carbocycles. The molecule has 0 amide bonds. The average molecular weight is 221 g/mol. The number of nitrogens with one attached hydrogen (secondary N) is 1. The van der Waals surface area contributed by atoms with Gasteiger partial charge in [-0.2, -0.15) is 0 Å². The molecule has 2 nitrogen and oxygen atoms in total. The molecule has 0 aliphatic carbocycles. The Bertz CT molecular complexity index is 295. The van der Waals surface area contributed by atoms with E-state index in [0.717, 1.165) is 13.2 Å². The van der Waals surface area contributed by atoms with E-state index in [1.54, 1.807) is 0 Å². The Balaban J connectivity index is 2.44. The highest BCUT2D eigenvalue weighted by Gasteiger charge is 2.18. The van der Waals surface area contributed by atoms with Gasteiger partial charge in [0.15, 0.2) is 0 Å². The monoisotopic (exact) mass is 221 g/mol. The number of hydrogen-bond donors (Lipinski definition) is 1. The molecule has 16 heavy (non-hydrogen) atoms. The molecule has 0 saturated carbocycles. The van der Waals surface area contributed by atoms with Crippen LogP contribution in [-0.2, 0) is 4.74 Å². The molecule has 0 aromatic heterocycles. The van der Waals surface area contributed by atoms with Gasteiger partial charge in [-0.05, 0) is 33.3 Å². The zero-order valence-corrected chi connectivity index (χ0v) is 10.8. The predicted octanol–water partition coefficient (Wildman–Crippen LogP) is 3.15. The van der Waals surface area contributed by atoms with Crippen molar-refractivity contribution in [2.24, 2.45) is 0 Å². The third-order valence-corrected chi connectivity index (χ3v) is 2.67. The van der Waals surface area contributed by atoms with E-state index in [4.69, 9.17) is 4.74 Å². The zero-order valence-electron chi connectivity index (χ0n) is 10.8.